The molecule has 5 rings (SSSR count). The van der Waals surface area contributed by atoms with Gasteiger partial charge >= 0.3 is 0 Å². The molecule has 0 aliphatic carbocycles. The van der Waals surface area contributed by atoms with Gasteiger partial charge in [-0.25, -0.2) is 0 Å². The summed E-state index contributed by atoms with van der Waals surface area (Å²) in [6.45, 7) is 3.44. The minimum Gasteiger partial charge on any atom is -0.492 e. The molecule has 1 saturated heterocycles. The van der Waals surface area contributed by atoms with E-state index in [9.17, 15) is 4.79 Å². The van der Waals surface area contributed by atoms with E-state index in [-0.39, 0.29) is 5.91 Å². The van der Waals surface area contributed by atoms with Crippen molar-refractivity contribution in [2.24, 2.45) is 13.0 Å². The summed E-state index contributed by atoms with van der Waals surface area (Å²) in [7, 11) is 1.91. The number of carbonyl (C=O) groups excluding carboxylic acids is 1. The molecule has 31 heavy (non-hydrogen) atoms. The van der Waals surface area contributed by atoms with Crippen LogP contribution in [0.25, 0.3) is 11.1 Å². The number of ether oxygens (including phenoxy) is 2. The van der Waals surface area contributed by atoms with Gasteiger partial charge in [0.1, 0.15) is 5.75 Å². The lowest BCUT2D eigenvalue weighted by Gasteiger charge is -2.22. The normalized spacial score (nSPS) is 16.5. The zero-order chi connectivity index (χ0) is 21.2. The molecule has 6 nitrogen and oxygen atoms in total. The molecule has 0 atom stereocenters. The topological polar surface area (TPSA) is 56.6 Å². The Morgan fingerprint density at radius 1 is 1.10 bits per heavy atom. The average molecular weight is 418 g/mol. The average Bonchev–Trinajstić information content (AvgIpc) is 3.37. The van der Waals surface area contributed by atoms with Crippen LogP contribution in [0.1, 0.15) is 34.3 Å². The van der Waals surface area contributed by atoms with E-state index in [0.29, 0.717) is 31.4 Å². The Labute approximate surface area is 182 Å². The maximum atomic E-state index is 13.2. The smallest absolute Gasteiger partial charge is 0.258 e. The van der Waals surface area contributed by atoms with Crippen molar-refractivity contribution in [3.63, 3.8) is 0 Å². The first kappa shape index (κ1) is 19.8. The number of aryl methyl sites for hydroxylation is 1. The first-order valence-corrected chi connectivity index (χ1v) is 10.9. The van der Waals surface area contributed by atoms with Crippen molar-refractivity contribution in [1.82, 2.24) is 14.7 Å². The number of carbonyl (C=O) groups is 1. The van der Waals surface area contributed by atoms with E-state index in [1.54, 1.807) is 4.68 Å². The quantitative estimate of drug-likeness (QED) is 0.607. The molecule has 1 fully saturated rings. The van der Waals surface area contributed by atoms with Crippen molar-refractivity contribution in [3.05, 3.63) is 71.5 Å². The van der Waals surface area contributed by atoms with E-state index in [1.165, 1.54) is 0 Å². The van der Waals surface area contributed by atoms with E-state index < -0.39 is 0 Å². The Kier molecular flexibility index (Phi) is 5.47. The molecule has 1 amide bonds. The van der Waals surface area contributed by atoms with Gasteiger partial charge in [-0.3, -0.25) is 9.48 Å². The highest BCUT2D eigenvalue weighted by Crippen LogP contribution is 2.33. The molecule has 1 aromatic heterocycles. The van der Waals surface area contributed by atoms with E-state index in [0.717, 1.165) is 53.9 Å². The zero-order valence-corrected chi connectivity index (χ0v) is 17.8. The lowest BCUT2D eigenvalue weighted by atomic mass is 10.0. The number of rotatable bonds is 6. The van der Waals surface area contributed by atoms with Crippen molar-refractivity contribution in [3.8, 4) is 16.9 Å². The highest BCUT2D eigenvalue weighted by molar-refractivity contribution is 6.01. The van der Waals surface area contributed by atoms with Gasteiger partial charge in [0.2, 0.25) is 0 Å². The number of hydrogen-bond acceptors (Lipinski definition) is 4. The minimum atomic E-state index is 0.0499. The summed E-state index contributed by atoms with van der Waals surface area (Å²) in [5.41, 5.74) is 5.09. The number of aromatic nitrogens is 2. The number of amides is 1. The van der Waals surface area contributed by atoms with Crippen LogP contribution in [0.3, 0.4) is 0 Å². The molecule has 2 aliphatic heterocycles. The highest BCUT2D eigenvalue weighted by Gasteiger charge is 2.31. The molecular formula is C25H27N3O3. The molecule has 0 unspecified atom stereocenters. The first-order valence-electron chi connectivity index (χ1n) is 10.9. The third-order valence-electron chi connectivity index (χ3n) is 6.16. The maximum Gasteiger partial charge on any atom is 0.258 e. The van der Waals surface area contributed by atoms with Gasteiger partial charge in [-0.2, -0.15) is 5.10 Å². The molecule has 2 aliphatic rings. The zero-order valence-electron chi connectivity index (χ0n) is 17.8. The Morgan fingerprint density at radius 2 is 1.90 bits per heavy atom. The van der Waals surface area contributed by atoms with E-state index >= 15 is 0 Å². The third-order valence-corrected chi connectivity index (χ3v) is 6.16. The molecule has 3 heterocycles. The first-order chi connectivity index (χ1) is 15.2. The molecule has 160 valence electrons. The van der Waals surface area contributed by atoms with Crippen LogP contribution in [-0.4, -0.2) is 40.4 Å². The van der Waals surface area contributed by atoms with Crippen LogP contribution < -0.4 is 4.74 Å². The monoisotopic (exact) mass is 417 g/mol. The van der Waals surface area contributed by atoms with Crippen LogP contribution in [0.5, 0.6) is 5.75 Å². The summed E-state index contributed by atoms with van der Waals surface area (Å²) >= 11 is 0. The second-order valence-corrected chi connectivity index (χ2v) is 8.42. The Morgan fingerprint density at radius 3 is 2.65 bits per heavy atom. The summed E-state index contributed by atoms with van der Waals surface area (Å²) in [6, 6.07) is 14.3. The molecule has 6 heteroatoms. The van der Waals surface area contributed by atoms with Gasteiger partial charge in [0.15, 0.2) is 0 Å². The van der Waals surface area contributed by atoms with E-state index in [1.807, 2.05) is 42.5 Å². The molecule has 0 radical (unpaired) electrons. The van der Waals surface area contributed by atoms with Gasteiger partial charge < -0.3 is 14.4 Å². The van der Waals surface area contributed by atoms with E-state index in [4.69, 9.17) is 9.47 Å². The van der Waals surface area contributed by atoms with Crippen LogP contribution in [0.15, 0.2) is 54.9 Å². The second-order valence-electron chi connectivity index (χ2n) is 8.42. The van der Waals surface area contributed by atoms with Gasteiger partial charge in [0.25, 0.3) is 5.91 Å². The molecule has 0 N–H and O–H groups in total. The number of benzene rings is 2. The molecule has 2 aromatic carbocycles. The summed E-state index contributed by atoms with van der Waals surface area (Å²) in [4.78, 5) is 15.1. The molecule has 0 bridgehead atoms. The highest BCUT2D eigenvalue weighted by atomic mass is 16.5. The van der Waals surface area contributed by atoms with Crippen molar-refractivity contribution in [1.29, 1.82) is 0 Å². The summed E-state index contributed by atoms with van der Waals surface area (Å²) in [5.74, 6) is 1.26. The molecule has 0 saturated carbocycles. The third kappa shape index (κ3) is 4.21. The largest absolute Gasteiger partial charge is 0.492 e. The summed E-state index contributed by atoms with van der Waals surface area (Å²) in [6.07, 6.45) is 5.89. The lowest BCUT2D eigenvalue weighted by Crippen LogP contribution is -2.24. The van der Waals surface area contributed by atoms with Crippen LogP contribution in [-0.2, 0) is 24.9 Å². The second kappa shape index (κ2) is 8.55. The fourth-order valence-corrected chi connectivity index (χ4v) is 4.35. The maximum absolute atomic E-state index is 13.2. The van der Waals surface area contributed by atoms with Gasteiger partial charge in [-0.1, -0.05) is 36.4 Å². The van der Waals surface area contributed by atoms with Gasteiger partial charge in [-0.05, 0) is 41.5 Å². The van der Waals surface area contributed by atoms with Crippen molar-refractivity contribution in [2.45, 2.75) is 25.9 Å². The van der Waals surface area contributed by atoms with Crippen LogP contribution >= 0.6 is 0 Å². The molecule has 3 aromatic rings. The van der Waals surface area contributed by atoms with Crippen LogP contribution in [0.2, 0.25) is 0 Å². The van der Waals surface area contributed by atoms with Crippen LogP contribution in [0.4, 0.5) is 0 Å². The Bertz CT molecular complexity index is 1070. The SMILES string of the molecule is Cn1cc(-c2ccc(CN3Cc4cccc(OCC5CCOCC5)c4C3=O)cc2)cn1. The Balaban J connectivity index is 1.26. The predicted octanol–water partition coefficient (Wildman–Crippen LogP) is 4.05. The van der Waals surface area contributed by atoms with Gasteiger partial charge in [0, 0.05) is 45.1 Å². The van der Waals surface area contributed by atoms with Crippen molar-refractivity contribution >= 4 is 5.91 Å². The standard InChI is InChI=1S/C25H27N3O3/c1-27-15-22(13-26-27)20-7-5-18(6-8-20)14-28-16-21-3-2-4-23(24(21)25(28)29)31-17-19-9-11-30-12-10-19/h2-8,13,15,19H,9-12,14,16-17H2,1H3. The Hall–Kier alpha value is -3.12. The van der Waals surface area contributed by atoms with Crippen molar-refractivity contribution in [2.75, 3.05) is 19.8 Å². The van der Waals surface area contributed by atoms with Crippen LogP contribution in [0, 0.1) is 5.92 Å². The molecule has 0 spiro atoms. The fraction of sp³-hybridized carbons (Fsp3) is 0.360. The van der Waals surface area contributed by atoms with Gasteiger partial charge in [-0.15, -0.1) is 0 Å². The number of fused-ring (bicyclic) bond motifs is 1. The number of hydrogen-bond donors (Lipinski definition) is 0. The minimum absolute atomic E-state index is 0.0499. The van der Waals surface area contributed by atoms with Gasteiger partial charge in [0.05, 0.1) is 18.4 Å². The van der Waals surface area contributed by atoms with E-state index in [2.05, 4.69) is 29.4 Å². The predicted molar refractivity (Wildman–Crippen MR) is 118 cm³/mol. The summed E-state index contributed by atoms with van der Waals surface area (Å²) in [5, 5.41) is 4.23. The lowest BCUT2D eigenvalue weighted by molar-refractivity contribution is 0.0494. The van der Waals surface area contributed by atoms with Crippen molar-refractivity contribution < 1.29 is 14.3 Å². The molecular weight excluding hydrogens is 390 g/mol. The summed E-state index contributed by atoms with van der Waals surface area (Å²) < 4.78 is 13.3. The fourth-order valence-electron chi connectivity index (χ4n) is 4.35. The number of nitrogens with zero attached hydrogens (tertiary/aromatic N) is 3.